The van der Waals surface area contributed by atoms with Gasteiger partial charge in [-0.25, -0.2) is 8.42 Å². The summed E-state index contributed by atoms with van der Waals surface area (Å²) in [6.07, 6.45) is 1.10. The van der Waals surface area contributed by atoms with Crippen LogP contribution in [0.5, 0.6) is 5.75 Å². The fourth-order valence-electron chi connectivity index (χ4n) is 3.72. The quantitative estimate of drug-likeness (QED) is 0.356. The average Bonchev–Trinajstić information content (AvgIpc) is 2.81. The molecule has 11 heteroatoms. The van der Waals surface area contributed by atoms with Crippen molar-refractivity contribution < 1.29 is 22.9 Å². The highest BCUT2D eigenvalue weighted by molar-refractivity contribution is 7.92. The van der Waals surface area contributed by atoms with Crippen molar-refractivity contribution >= 4 is 33.0 Å². The number of anilines is 2. The highest BCUT2D eigenvalue weighted by Gasteiger charge is 2.34. The molecule has 10 nitrogen and oxygen atoms in total. The molecule has 0 heterocycles. The van der Waals surface area contributed by atoms with E-state index < -0.39 is 26.9 Å². The Morgan fingerprint density at radius 2 is 1.74 bits per heavy atom. The molecule has 0 aliphatic carbocycles. The summed E-state index contributed by atoms with van der Waals surface area (Å²) in [5.41, 5.74) is 1.56. The van der Waals surface area contributed by atoms with E-state index in [2.05, 4.69) is 24.1 Å². The van der Waals surface area contributed by atoms with Crippen molar-refractivity contribution in [3.05, 3.63) is 58.1 Å². The van der Waals surface area contributed by atoms with Gasteiger partial charge in [-0.15, -0.1) is 0 Å². The Balaban J connectivity index is 2.32. The lowest BCUT2D eigenvalue weighted by Gasteiger charge is -2.31. The van der Waals surface area contributed by atoms with Crippen LogP contribution in [-0.2, 0) is 21.4 Å². The van der Waals surface area contributed by atoms with Crippen molar-refractivity contribution in [2.75, 3.05) is 35.7 Å². The number of hydrogen-bond donors (Lipinski definition) is 1. The molecule has 0 bridgehead atoms. The largest absolute Gasteiger partial charge is 0.495 e. The van der Waals surface area contributed by atoms with Crippen LogP contribution in [0.4, 0.5) is 17.1 Å². The third kappa shape index (κ3) is 6.37. The number of non-ortho nitro benzene ring substituents is 1. The third-order valence-corrected chi connectivity index (χ3v) is 6.64. The summed E-state index contributed by atoms with van der Waals surface area (Å²) < 4.78 is 31.6. The number of amides is 1. The zero-order chi connectivity index (χ0) is 25.5. The maximum atomic E-state index is 13.1. The van der Waals surface area contributed by atoms with Gasteiger partial charge in [0.25, 0.3) is 5.69 Å². The Hall–Kier alpha value is -3.34. The van der Waals surface area contributed by atoms with Gasteiger partial charge in [0, 0.05) is 37.5 Å². The number of methoxy groups -OCH3 is 1. The van der Waals surface area contributed by atoms with Gasteiger partial charge in [0.05, 0.1) is 18.3 Å². The van der Waals surface area contributed by atoms with Gasteiger partial charge in [-0.3, -0.25) is 19.2 Å². The summed E-state index contributed by atoms with van der Waals surface area (Å²) in [6.45, 7) is 7.79. The number of carbonyl (C=O) groups excluding carboxylic acids is 1. The molecule has 2 aromatic rings. The average molecular weight is 493 g/mol. The Morgan fingerprint density at radius 3 is 2.21 bits per heavy atom. The summed E-state index contributed by atoms with van der Waals surface area (Å²) in [5.74, 6) is -0.413. The Labute approximate surface area is 200 Å². The molecule has 0 saturated heterocycles. The minimum absolute atomic E-state index is 0.0650. The van der Waals surface area contributed by atoms with E-state index in [1.807, 2.05) is 24.3 Å². The summed E-state index contributed by atoms with van der Waals surface area (Å²) in [4.78, 5) is 25.9. The number of hydrogen-bond acceptors (Lipinski definition) is 7. The van der Waals surface area contributed by atoms with Crippen LogP contribution in [0.25, 0.3) is 0 Å². The van der Waals surface area contributed by atoms with Crippen LogP contribution in [-0.4, -0.2) is 51.7 Å². The molecule has 0 aliphatic rings. The molecule has 1 amide bonds. The maximum Gasteiger partial charge on any atom is 0.271 e. The first-order valence-electron chi connectivity index (χ1n) is 11.0. The molecule has 1 unspecified atom stereocenters. The fourth-order valence-corrected chi connectivity index (χ4v) is 4.93. The number of sulfonamides is 1. The lowest BCUT2D eigenvalue weighted by Crippen LogP contribution is -2.49. The van der Waals surface area contributed by atoms with E-state index in [-0.39, 0.29) is 30.1 Å². The molecule has 1 atom stereocenters. The lowest BCUT2D eigenvalue weighted by atomic mass is 10.1. The zero-order valence-corrected chi connectivity index (χ0v) is 21.0. The third-order valence-electron chi connectivity index (χ3n) is 5.47. The van der Waals surface area contributed by atoms with Gasteiger partial charge >= 0.3 is 0 Å². The molecule has 0 spiro atoms. The molecular formula is C23H32N4O6S. The van der Waals surface area contributed by atoms with E-state index >= 15 is 0 Å². The Kier molecular flexibility index (Phi) is 9.25. The second-order valence-corrected chi connectivity index (χ2v) is 9.51. The topological polar surface area (TPSA) is 122 Å². The summed E-state index contributed by atoms with van der Waals surface area (Å²) in [7, 11) is -2.66. The fraction of sp³-hybridized carbons (Fsp3) is 0.435. The highest BCUT2D eigenvalue weighted by Crippen LogP contribution is 2.35. The first-order valence-corrected chi connectivity index (χ1v) is 12.9. The predicted molar refractivity (Wildman–Crippen MR) is 133 cm³/mol. The van der Waals surface area contributed by atoms with Crippen molar-refractivity contribution in [3.8, 4) is 5.75 Å². The van der Waals surface area contributed by atoms with Gasteiger partial charge in [-0.1, -0.05) is 19.1 Å². The molecular weight excluding hydrogens is 460 g/mol. The number of ether oxygens (including phenoxy) is 1. The lowest BCUT2D eigenvalue weighted by molar-refractivity contribution is -0.384. The van der Waals surface area contributed by atoms with E-state index in [0.717, 1.165) is 41.0 Å². The van der Waals surface area contributed by atoms with Gasteiger partial charge in [-0.05, 0) is 44.0 Å². The molecule has 0 aliphatic heterocycles. The van der Waals surface area contributed by atoms with E-state index in [9.17, 15) is 23.3 Å². The van der Waals surface area contributed by atoms with E-state index in [1.54, 1.807) is 6.92 Å². The molecule has 1 N–H and O–H groups in total. The molecule has 34 heavy (non-hydrogen) atoms. The summed E-state index contributed by atoms with van der Waals surface area (Å²) in [6, 6.07) is 10.3. The monoisotopic (exact) mass is 492 g/mol. The van der Waals surface area contributed by atoms with Gasteiger partial charge < -0.3 is 15.0 Å². The normalized spacial score (nSPS) is 12.0. The van der Waals surface area contributed by atoms with E-state index in [4.69, 9.17) is 4.74 Å². The van der Waals surface area contributed by atoms with Gasteiger partial charge in [0.1, 0.15) is 17.5 Å². The maximum absolute atomic E-state index is 13.1. The van der Waals surface area contributed by atoms with E-state index in [1.165, 1.54) is 19.2 Å². The minimum atomic E-state index is -3.99. The Bertz CT molecular complexity index is 1100. The van der Waals surface area contributed by atoms with Crippen LogP contribution in [0.1, 0.15) is 32.8 Å². The van der Waals surface area contributed by atoms with Crippen LogP contribution in [0.2, 0.25) is 0 Å². The van der Waals surface area contributed by atoms with Crippen LogP contribution >= 0.6 is 0 Å². The molecule has 2 rings (SSSR count). The van der Waals surface area contributed by atoms with Crippen LogP contribution < -0.4 is 19.3 Å². The van der Waals surface area contributed by atoms with Gasteiger partial charge in [0.2, 0.25) is 15.9 Å². The number of nitro groups is 1. The van der Waals surface area contributed by atoms with Gasteiger partial charge in [-0.2, -0.15) is 0 Å². The predicted octanol–water partition coefficient (Wildman–Crippen LogP) is 3.31. The molecule has 0 saturated carbocycles. The number of carbonyl (C=O) groups is 1. The second-order valence-electron chi connectivity index (χ2n) is 7.65. The smallest absolute Gasteiger partial charge is 0.271 e. The van der Waals surface area contributed by atoms with Crippen molar-refractivity contribution in [2.24, 2.45) is 0 Å². The Morgan fingerprint density at radius 1 is 1.12 bits per heavy atom. The molecule has 0 aromatic heterocycles. The summed E-state index contributed by atoms with van der Waals surface area (Å²) in [5, 5.41) is 14.1. The van der Waals surface area contributed by atoms with Crippen LogP contribution in [0.15, 0.2) is 42.5 Å². The molecule has 0 fully saturated rings. The zero-order valence-electron chi connectivity index (χ0n) is 20.1. The van der Waals surface area contributed by atoms with Gasteiger partial charge in [0.15, 0.2) is 0 Å². The van der Waals surface area contributed by atoms with Crippen molar-refractivity contribution in [2.45, 2.75) is 39.8 Å². The number of rotatable bonds is 12. The second kappa shape index (κ2) is 11.7. The highest BCUT2D eigenvalue weighted by atomic mass is 32.2. The van der Waals surface area contributed by atoms with Crippen molar-refractivity contribution in [3.63, 3.8) is 0 Å². The van der Waals surface area contributed by atoms with E-state index in [0.29, 0.717) is 0 Å². The number of nitrogens with one attached hydrogen (secondary N) is 1. The van der Waals surface area contributed by atoms with Crippen molar-refractivity contribution in [1.82, 2.24) is 5.32 Å². The van der Waals surface area contributed by atoms with Crippen LogP contribution in [0, 0.1) is 10.1 Å². The minimum Gasteiger partial charge on any atom is -0.495 e. The van der Waals surface area contributed by atoms with Crippen LogP contribution in [0.3, 0.4) is 0 Å². The number of nitro benzene ring substituents is 1. The first kappa shape index (κ1) is 26.9. The summed E-state index contributed by atoms with van der Waals surface area (Å²) >= 11 is 0. The molecule has 186 valence electrons. The standard InChI is InChI=1S/C23H32N4O6S/c1-6-20(23(28)24-16-17-9-11-18(12-10-17)25(7-2)8-3)26(34(5,31)32)21-15-19(27(29)30)13-14-22(21)33-4/h9-15,20H,6-8,16H2,1-5H3,(H,24,28). The molecule has 2 aromatic carbocycles. The SMILES string of the molecule is CCC(C(=O)NCc1ccc(N(CC)CC)cc1)N(c1cc([N+](=O)[O-])ccc1OC)S(C)(=O)=O. The molecule has 0 radical (unpaired) electrons. The van der Waals surface area contributed by atoms with Crippen molar-refractivity contribution in [1.29, 1.82) is 0 Å². The number of nitrogens with zero attached hydrogens (tertiary/aromatic N) is 3. The first-order chi connectivity index (χ1) is 16.1. The number of benzene rings is 2.